The maximum Gasteiger partial charge on any atom is 0.326 e. The molecule has 0 radical (unpaired) electrons. The van der Waals surface area contributed by atoms with Crippen molar-refractivity contribution in [1.82, 2.24) is 4.98 Å². The van der Waals surface area contributed by atoms with Crippen LogP contribution in [0.25, 0.3) is 0 Å². The molecule has 1 unspecified atom stereocenters. The van der Waals surface area contributed by atoms with E-state index in [2.05, 4.69) is 15.2 Å². The van der Waals surface area contributed by atoms with E-state index in [9.17, 15) is 4.79 Å². The van der Waals surface area contributed by atoms with E-state index in [0.717, 1.165) is 24.6 Å². The summed E-state index contributed by atoms with van der Waals surface area (Å²) in [4.78, 5) is 17.7. The first kappa shape index (κ1) is 12.7. The van der Waals surface area contributed by atoms with Crippen molar-refractivity contribution in [3.63, 3.8) is 0 Å². The highest BCUT2D eigenvalue weighted by molar-refractivity contribution is 5.79. The molecular weight excluding hydrogens is 230 g/mol. The summed E-state index contributed by atoms with van der Waals surface area (Å²) >= 11 is 0. The molecule has 0 spiro atoms. The summed E-state index contributed by atoms with van der Waals surface area (Å²) in [5.41, 5.74) is 0.814. The van der Waals surface area contributed by atoms with Crippen molar-refractivity contribution >= 4 is 17.5 Å². The van der Waals surface area contributed by atoms with Gasteiger partial charge in [-0.2, -0.15) is 0 Å². The number of nitrogens with one attached hydrogen (secondary N) is 1. The second-order valence-corrected chi connectivity index (χ2v) is 4.51. The number of anilines is 2. The highest BCUT2D eigenvalue weighted by Gasteiger charge is 2.20. The number of carboxylic acid groups (broad SMARTS) is 1. The molecule has 0 amide bonds. The van der Waals surface area contributed by atoms with Crippen molar-refractivity contribution < 1.29 is 9.90 Å². The average molecular weight is 249 g/mol. The quantitative estimate of drug-likeness (QED) is 0.835. The van der Waals surface area contributed by atoms with Gasteiger partial charge in [-0.3, -0.25) is 0 Å². The SMILES string of the molecule is CCC(Nc1cccnc1N1CCCC1)C(=O)O. The average Bonchev–Trinajstić information content (AvgIpc) is 2.89. The molecule has 0 aromatic carbocycles. The van der Waals surface area contributed by atoms with E-state index in [1.165, 1.54) is 12.8 Å². The molecule has 1 fully saturated rings. The van der Waals surface area contributed by atoms with Crippen molar-refractivity contribution in [3.8, 4) is 0 Å². The topological polar surface area (TPSA) is 65.5 Å². The summed E-state index contributed by atoms with van der Waals surface area (Å²) in [5, 5.41) is 12.2. The fourth-order valence-electron chi connectivity index (χ4n) is 2.22. The molecule has 1 aliphatic rings. The summed E-state index contributed by atoms with van der Waals surface area (Å²) < 4.78 is 0. The highest BCUT2D eigenvalue weighted by Crippen LogP contribution is 2.26. The number of hydrogen-bond acceptors (Lipinski definition) is 4. The van der Waals surface area contributed by atoms with Crippen LogP contribution < -0.4 is 10.2 Å². The molecule has 1 aromatic heterocycles. The first-order valence-corrected chi connectivity index (χ1v) is 6.41. The molecule has 1 aromatic rings. The number of carbonyl (C=O) groups is 1. The Labute approximate surface area is 107 Å². The minimum Gasteiger partial charge on any atom is -0.480 e. The third-order valence-electron chi connectivity index (χ3n) is 3.23. The summed E-state index contributed by atoms with van der Waals surface area (Å²) in [6.45, 7) is 3.85. The zero-order chi connectivity index (χ0) is 13.0. The van der Waals surface area contributed by atoms with Crippen molar-refractivity contribution in [2.45, 2.75) is 32.2 Å². The Morgan fingerprint density at radius 1 is 1.56 bits per heavy atom. The van der Waals surface area contributed by atoms with Gasteiger partial charge in [-0.25, -0.2) is 9.78 Å². The molecule has 2 N–H and O–H groups in total. The van der Waals surface area contributed by atoms with Crippen LogP contribution in [0.2, 0.25) is 0 Å². The zero-order valence-electron chi connectivity index (χ0n) is 10.6. The smallest absolute Gasteiger partial charge is 0.326 e. The lowest BCUT2D eigenvalue weighted by molar-refractivity contribution is -0.137. The molecule has 1 aliphatic heterocycles. The molecule has 1 saturated heterocycles. The van der Waals surface area contributed by atoms with Crippen LogP contribution in [0.5, 0.6) is 0 Å². The summed E-state index contributed by atoms with van der Waals surface area (Å²) in [6, 6.07) is 3.17. The van der Waals surface area contributed by atoms with Gasteiger partial charge < -0.3 is 15.3 Å². The molecule has 1 atom stereocenters. The van der Waals surface area contributed by atoms with Crippen LogP contribution in [-0.4, -0.2) is 35.2 Å². The van der Waals surface area contributed by atoms with Gasteiger partial charge in [-0.15, -0.1) is 0 Å². The van der Waals surface area contributed by atoms with E-state index in [1.807, 2.05) is 19.1 Å². The van der Waals surface area contributed by atoms with Crippen molar-refractivity contribution in [1.29, 1.82) is 0 Å². The fraction of sp³-hybridized carbons (Fsp3) is 0.538. The zero-order valence-corrected chi connectivity index (χ0v) is 10.6. The lowest BCUT2D eigenvalue weighted by Gasteiger charge is -2.22. The predicted molar refractivity (Wildman–Crippen MR) is 71.0 cm³/mol. The van der Waals surface area contributed by atoms with Crippen LogP contribution >= 0.6 is 0 Å². The number of rotatable bonds is 5. The van der Waals surface area contributed by atoms with E-state index in [1.54, 1.807) is 6.20 Å². The van der Waals surface area contributed by atoms with E-state index in [-0.39, 0.29) is 0 Å². The maximum absolute atomic E-state index is 11.1. The summed E-state index contributed by atoms with van der Waals surface area (Å²) in [7, 11) is 0. The van der Waals surface area contributed by atoms with Crippen LogP contribution in [0.3, 0.4) is 0 Å². The highest BCUT2D eigenvalue weighted by atomic mass is 16.4. The third-order valence-corrected chi connectivity index (χ3v) is 3.23. The number of carboxylic acids is 1. The van der Waals surface area contributed by atoms with Gasteiger partial charge in [0.2, 0.25) is 0 Å². The molecule has 18 heavy (non-hydrogen) atoms. The normalized spacial score (nSPS) is 16.6. The summed E-state index contributed by atoms with van der Waals surface area (Å²) in [5.74, 6) is 0.0448. The second kappa shape index (κ2) is 5.71. The van der Waals surface area contributed by atoms with Gasteiger partial charge in [0.25, 0.3) is 0 Å². The summed E-state index contributed by atoms with van der Waals surface area (Å²) in [6.07, 6.45) is 4.64. The van der Waals surface area contributed by atoms with Crippen LogP contribution in [0.15, 0.2) is 18.3 Å². The Bertz CT molecular complexity index is 416. The Morgan fingerprint density at radius 2 is 2.28 bits per heavy atom. The lowest BCUT2D eigenvalue weighted by atomic mass is 10.2. The fourth-order valence-corrected chi connectivity index (χ4v) is 2.22. The van der Waals surface area contributed by atoms with Gasteiger partial charge in [0.15, 0.2) is 5.82 Å². The Morgan fingerprint density at radius 3 is 2.89 bits per heavy atom. The third kappa shape index (κ3) is 2.72. The maximum atomic E-state index is 11.1. The van der Waals surface area contributed by atoms with Crippen LogP contribution in [0, 0.1) is 0 Å². The van der Waals surface area contributed by atoms with Crippen LogP contribution in [-0.2, 0) is 4.79 Å². The van der Waals surface area contributed by atoms with Gasteiger partial charge >= 0.3 is 5.97 Å². The number of pyridine rings is 1. The van der Waals surface area contributed by atoms with E-state index < -0.39 is 12.0 Å². The molecule has 5 nitrogen and oxygen atoms in total. The predicted octanol–water partition coefficient (Wildman–Crippen LogP) is 1.96. The molecule has 98 valence electrons. The minimum absolute atomic E-state index is 0.545. The van der Waals surface area contributed by atoms with E-state index in [4.69, 9.17) is 5.11 Å². The van der Waals surface area contributed by atoms with Gasteiger partial charge in [-0.05, 0) is 31.4 Å². The lowest BCUT2D eigenvalue weighted by Crippen LogP contribution is -2.30. The van der Waals surface area contributed by atoms with Crippen LogP contribution in [0.1, 0.15) is 26.2 Å². The van der Waals surface area contributed by atoms with Gasteiger partial charge in [0, 0.05) is 19.3 Å². The van der Waals surface area contributed by atoms with Crippen LogP contribution in [0.4, 0.5) is 11.5 Å². The largest absolute Gasteiger partial charge is 0.480 e. The van der Waals surface area contributed by atoms with Crippen molar-refractivity contribution in [2.24, 2.45) is 0 Å². The first-order valence-electron chi connectivity index (χ1n) is 6.41. The number of hydrogen-bond donors (Lipinski definition) is 2. The van der Waals surface area contributed by atoms with Gasteiger partial charge in [0.1, 0.15) is 6.04 Å². The molecule has 0 bridgehead atoms. The van der Waals surface area contributed by atoms with Gasteiger partial charge in [0.05, 0.1) is 5.69 Å². The second-order valence-electron chi connectivity index (χ2n) is 4.51. The van der Waals surface area contributed by atoms with Crippen molar-refractivity contribution in [3.05, 3.63) is 18.3 Å². The number of aliphatic carboxylic acids is 1. The molecule has 2 heterocycles. The Balaban J connectivity index is 2.18. The number of aromatic nitrogens is 1. The Kier molecular flexibility index (Phi) is 4.02. The monoisotopic (exact) mass is 249 g/mol. The number of nitrogens with zero attached hydrogens (tertiary/aromatic N) is 2. The first-order chi connectivity index (χ1) is 8.72. The minimum atomic E-state index is -0.825. The van der Waals surface area contributed by atoms with E-state index in [0.29, 0.717) is 6.42 Å². The standard InChI is InChI=1S/C13H19N3O2/c1-2-10(13(17)18)15-11-6-5-7-14-12(11)16-8-3-4-9-16/h5-7,10,15H,2-4,8-9H2,1H3,(H,17,18). The Hall–Kier alpha value is -1.78. The molecule has 5 heteroatoms. The molecule has 0 saturated carbocycles. The molecular formula is C13H19N3O2. The molecule has 0 aliphatic carbocycles. The van der Waals surface area contributed by atoms with Gasteiger partial charge in [-0.1, -0.05) is 6.92 Å². The van der Waals surface area contributed by atoms with E-state index >= 15 is 0 Å². The molecule has 2 rings (SSSR count). The van der Waals surface area contributed by atoms with Crippen molar-refractivity contribution in [2.75, 3.05) is 23.3 Å².